The molecule has 0 atom stereocenters. The van der Waals surface area contributed by atoms with Crippen molar-refractivity contribution >= 4 is 9.71 Å². The summed E-state index contributed by atoms with van der Waals surface area (Å²) in [5.41, 5.74) is 8.02. The summed E-state index contributed by atoms with van der Waals surface area (Å²) in [4.78, 5) is 2.07. The molecule has 1 aromatic carbocycles. The van der Waals surface area contributed by atoms with Crippen molar-refractivity contribution in [3.8, 4) is 0 Å². The molecule has 1 aromatic rings. The van der Waals surface area contributed by atoms with E-state index in [0.29, 0.717) is 0 Å². The van der Waals surface area contributed by atoms with Gasteiger partial charge in [-0.15, -0.1) is 0 Å². The van der Waals surface area contributed by atoms with Gasteiger partial charge in [0, 0.05) is 0 Å². The zero-order valence-corrected chi connectivity index (χ0v) is 14.7. The van der Waals surface area contributed by atoms with Crippen molar-refractivity contribution in [2.24, 2.45) is 5.73 Å². The first-order valence-electron chi connectivity index (χ1n) is 4.70. The second-order valence-electron chi connectivity index (χ2n) is 2.81. The van der Waals surface area contributed by atoms with E-state index in [1.165, 1.54) is 25.0 Å². The summed E-state index contributed by atoms with van der Waals surface area (Å²) in [6.07, 6.45) is 0. The molecule has 0 saturated carbocycles. The van der Waals surface area contributed by atoms with E-state index in [4.69, 9.17) is 29.0 Å². The molecule has 0 radical (unpaired) electrons. The Morgan fingerprint density at radius 2 is 1.09 bits per heavy atom. The summed E-state index contributed by atoms with van der Waals surface area (Å²) >= 11 is 1.32. The van der Waals surface area contributed by atoms with E-state index in [0.717, 1.165) is 9.59 Å². The molecule has 0 aliphatic heterocycles. The molecule has 1 rings (SSSR count). The van der Waals surface area contributed by atoms with Gasteiger partial charge in [0.15, 0.2) is 0 Å². The molecule has 0 spiro atoms. The predicted molar refractivity (Wildman–Crippen MR) is 68.7 cm³/mol. The monoisotopic (exact) mass is 472 g/mol. The number of rotatable bonds is 2. The fraction of sp³-hybridized carbons (Fsp3) is 0.143. The van der Waals surface area contributed by atoms with Crippen LogP contribution in [0.1, 0.15) is 5.56 Å². The van der Waals surface area contributed by atoms with Crippen LogP contribution in [-0.2, 0) is 42.6 Å². The minimum absolute atomic E-state index is 0.945. The first kappa shape index (κ1) is 32.3. The molecule has 0 aromatic heterocycles. The Labute approximate surface area is 140 Å². The summed E-state index contributed by atoms with van der Waals surface area (Å²) < 4.78 is 38.4. The van der Waals surface area contributed by atoms with Crippen molar-refractivity contribution in [1.29, 1.82) is 0 Å². The molecule has 8 heteroatoms. The van der Waals surface area contributed by atoms with Gasteiger partial charge in [-0.2, -0.15) is 0 Å². The summed E-state index contributed by atoms with van der Waals surface area (Å²) in [6.45, 7) is 22.5. The normalized spacial score (nSPS) is 5.68. The third kappa shape index (κ3) is 20.6. The van der Waals surface area contributed by atoms with Gasteiger partial charge in [0.1, 0.15) is 0 Å². The maximum atomic E-state index is 7.50. The van der Waals surface area contributed by atoms with Crippen LogP contribution in [-0.4, -0.2) is 18.1 Å². The molecular weight excluding hydrogens is 460 g/mol. The van der Waals surface area contributed by atoms with Crippen LogP contribution in [0.3, 0.4) is 0 Å². The van der Waals surface area contributed by atoms with Gasteiger partial charge >= 0.3 is 140 Å². The Morgan fingerprint density at radius 1 is 0.818 bits per heavy atom. The maximum absolute atomic E-state index is 7.50. The SMILES string of the molecule is CN(C)c1ccc([C](N)=[W])cc1.[C-]#[O+].[C-]#[O+].[C-]#[O+].[C-]#[O+].[C-]#[O+]. The predicted octanol–water partition coefficient (Wildman–Crippen LogP) is 0.549. The van der Waals surface area contributed by atoms with Crippen LogP contribution >= 0.6 is 0 Å². The van der Waals surface area contributed by atoms with E-state index >= 15 is 0 Å². The number of benzene rings is 1. The third-order valence-corrected chi connectivity index (χ3v) is 2.52. The number of anilines is 1. The van der Waals surface area contributed by atoms with Gasteiger partial charge in [0.05, 0.1) is 0 Å². The zero-order valence-electron chi connectivity index (χ0n) is 11.8. The van der Waals surface area contributed by atoms with Crippen molar-refractivity contribution < 1.29 is 42.6 Å². The molecule has 114 valence electrons. The quantitative estimate of drug-likeness (QED) is 0.498. The summed E-state index contributed by atoms with van der Waals surface area (Å²) in [5.74, 6) is 0. The van der Waals surface area contributed by atoms with Crippen LogP contribution in [0.4, 0.5) is 5.69 Å². The zero-order chi connectivity index (χ0) is 19.1. The van der Waals surface area contributed by atoms with E-state index in [1.54, 1.807) is 0 Å². The second-order valence-corrected chi connectivity index (χ2v) is 4.39. The minimum atomic E-state index is 0.945. The molecule has 22 heavy (non-hydrogen) atoms. The summed E-state index contributed by atoms with van der Waals surface area (Å²) in [7, 11) is 4.05. The van der Waals surface area contributed by atoms with E-state index < -0.39 is 0 Å². The number of nitrogens with zero attached hydrogens (tertiary/aromatic N) is 1. The molecule has 7 nitrogen and oxygen atoms in total. The number of hydrogen-bond donors (Lipinski definition) is 1. The van der Waals surface area contributed by atoms with E-state index in [-0.39, 0.29) is 0 Å². The fourth-order valence-corrected chi connectivity index (χ4v) is 1.41. The van der Waals surface area contributed by atoms with Gasteiger partial charge in [-0.1, -0.05) is 0 Å². The Bertz CT molecular complexity index is 438. The Balaban J connectivity index is -0.0000000822. The van der Waals surface area contributed by atoms with Gasteiger partial charge in [0.2, 0.25) is 0 Å². The number of hydrogen-bond acceptors (Lipinski definition) is 2. The summed E-state index contributed by atoms with van der Waals surface area (Å²) in [6, 6.07) is 8.26. The van der Waals surface area contributed by atoms with E-state index in [9.17, 15) is 0 Å². The van der Waals surface area contributed by atoms with Crippen molar-refractivity contribution in [3.05, 3.63) is 63.1 Å². The van der Waals surface area contributed by atoms with E-state index in [1.807, 2.05) is 14.1 Å². The standard InChI is InChI=1S/C9H12N2.5CO.W/c1-11(2)9-5-3-8(7-10)4-6-9;5*1-2;/h3-6H,10H2,1-2H3;;;;;;. The molecule has 0 aliphatic carbocycles. The van der Waals surface area contributed by atoms with Crippen molar-refractivity contribution in [2.45, 2.75) is 0 Å². The Hall–Kier alpha value is -1.76. The molecule has 0 fully saturated rings. The first-order chi connectivity index (χ1) is 10.6. The molecule has 0 bridgehead atoms. The van der Waals surface area contributed by atoms with Crippen LogP contribution in [0.5, 0.6) is 0 Å². The van der Waals surface area contributed by atoms with Gasteiger partial charge in [-0.3, -0.25) is 0 Å². The molecule has 0 unspecified atom stereocenters. The molecule has 0 saturated heterocycles. The van der Waals surface area contributed by atoms with Gasteiger partial charge in [-0.05, 0) is 0 Å². The van der Waals surface area contributed by atoms with Crippen molar-refractivity contribution in [2.75, 3.05) is 19.0 Å². The average Bonchev–Trinajstić information content (AvgIpc) is 2.63. The van der Waals surface area contributed by atoms with Gasteiger partial charge in [0.25, 0.3) is 0 Å². The van der Waals surface area contributed by atoms with Crippen LogP contribution in [0.15, 0.2) is 24.3 Å². The Morgan fingerprint density at radius 3 is 1.27 bits per heavy atom. The molecule has 0 amide bonds. The summed E-state index contributed by atoms with van der Waals surface area (Å²) in [5, 5.41) is 0. The van der Waals surface area contributed by atoms with Crippen LogP contribution in [0.25, 0.3) is 0 Å². The Kier molecular flexibility index (Phi) is 46.3. The van der Waals surface area contributed by atoms with Crippen LogP contribution in [0.2, 0.25) is 0 Å². The van der Waals surface area contributed by atoms with Gasteiger partial charge < -0.3 is 0 Å². The third-order valence-electron chi connectivity index (χ3n) is 1.67. The topological polar surface area (TPSA) is 129 Å². The molecule has 0 aliphatic rings. The van der Waals surface area contributed by atoms with Crippen molar-refractivity contribution in [1.82, 2.24) is 0 Å². The second kappa shape index (κ2) is 31.6. The van der Waals surface area contributed by atoms with Crippen LogP contribution in [0, 0.1) is 33.3 Å². The van der Waals surface area contributed by atoms with E-state index in [2.05, 4.69) is 62.4 Å². The molecule has 2 N–H and O–H groups in total. The molecule has 0 heterocycles. The molecular formula is C14H12N2O5W. The van der Waals surface area contributed by atoms with Crippen LogP contribution < -0.4 is 10.6 Å². The number of nitrogens with two attached hydrogens (primary N) is 1. The first-order valence-corrected chi connectivity index (χ1v) is 6.17. The van der Waals surface area contributed by atoms with Gasteiger partial charge in [-0.25, -0.2) is 0 Å². The average molecular weight is 472 g/mol. The fourth-order valence-electron chi connectivity index (χ4n) is 0.924. The van der Waals surface area contributed by atoms with Crippen molar-refractivity contribution in [3.63, 3.8) is 0 Å².